The number of aliphatic hydroxyl groups is 1. The fourth-order valence-electron chi connectivity index (χ4n) is 2.41. The van der Waals surface area contributed by atoms with Crippen LogP contribution in [0.15, 0.2) is 0 Å². The number of ether oxygens (including phenoxy) is 2. The number of rotatable bonds is 5. The molecular weight excluding hydrogens is 503 g/mol. The first-order chi connectivity index (χ1) is 10.7. The molecule has 2 rings (SSSR count). The summed E-state index contributed by atoms with van der Waals surface area (Å²) in [6, 6.07) is 0. The van der Waals surface area contributed by atoms with Crippen molar-refractivity contribution < 1.29 is 55.4 Å². The van der Waals surface area contributed by atoms with E-state index in [4.69, 9.17) is 36.3 Å². The first-order valence-corrected chi connectivity index (χ1v) is 7.43. The quantitative estimate of drug-likeness (QED) is 0.452. The predicted molar refractivity (Wildman–Crippen MR) is 79.7 cm³/mol. The van der Waals surface area contributed by atoms with Crippen LogP contribution in [0.2, 0.25) is 0 Å². The maximum atomic E-state index is 10.4. The molecule has 1 saturated heterocycles. The van der Waals surface area contributed by atoms with Gasteiger partial charge in [0, 0.05) is 18.8 Å². The van der Waals surface area contributed by atoms with Crippen molar-refractivity contribution in [2.75, 3.05) is 13.1 Å². The summed E-state index contributed by atoms with van der Waals surface area (Å²) in [5, 5.41) is 25.7. The Labute approximate surface area is 154 Å². The average Bonchev–Trinajstić information content (AvgIpc) is 2.87. The third-order valence-corrected chi connectivity index (χ3v) is 3.97. The van der Waals surface area contributed by atoms with E-state index in [2.05, 4.69) is 0 Å². The third-order valence-electron chi connectivity index (χ3n) is 3.97. The second-order valence-corrected chi connectivity index (χ2v) is 6.12. The third kappa shape index (κ3) is 5.21. The Hall–Kier alpha value is -0.572. The van der Waals surface area contributed by atoms with Gasteiger partial charge >= 0.3 is 33.0 Å². The molecule has 10 heteroatoms. The molecule has 1 aliphatic carbocycles. The van der Waals surface area contributed by atoms with Crippen molar-refractivity contribution in [3.8, 4) is 0 Å². The summed E-state index contributed by atoms with van der Waals surface area (Å²) in [5.74, 6) is -2.43. The van der Waals surface area contributed by atoms with Crippen molar-refractivity contribution in [3.63, 3.8) is 0 Å². The number of hydrogen-bond donors (Lipinski definition) is 3. The van der Waals surface area contributed by atoms with Crippen LogP contribution in [0.5, 0.6) is 0 Å². The summed E-state index contributed by atoms with van der Waals surface area (Å²) in [7, 11) is 0. The summed E-state index contributed by atoms with van der Waals surface area (Å²) in [5.41, 5.74) is 12.6. The van der Waals surface area contributed by atoms with E-state index >= 15 is 0 Å². The Balaban J connectivity index is 0.000000425. The summed E-state index contributed by atoms with van der Waals surface area (Å²) in [6.07, 6.45) is -1.75. The van der Waals surface area contributed by atoms with Gasteiger partial charge in [0.2, 0.25) is 0 Å². The van der Waals surface area contributed by atoms with Crippen molar-refractivity contribution in [1.29, 1.82) is 0 Å². The van der Waals surface area contributed by atoms with Crippen LogP contribution in [0.25, 0.3) is 11.5 Å². The van der Waals surface area contributed by atoms with E-state index in [1.165, 1.54) is 0 Å². The van der Waals surface area contributed by atoms with Crippen LogP contribution >= 0.6 is 0 Å². The SMILES string of the molecule is CC(C)C1O[C@@H](C[NH-])[C@H](C[NH-])O1.O=C(O)C1(C(=O)O)CC(O)C1.[Pt+2]. The van der Waals surface area contributed by atoms with Gasteiger partial charge in [0.25, 0.3) is 0 Å². The van der Waals surface area contributed by atoms with Crippen molar-refractivity contribution in [1.82, 2.24) is 0 Å². The molecule has 0 aromatic heterocycles. The van der Waals surface area contributed by atoms with Gasteiger partial charge in [0.05, 0.1) is 18.3 Å². The summed E-state index contributed by atoms with van der Waals surface area (Å²) < 4.78 is 10.9. The molecule has 24 heavy (non-hydrogen) atoms. The van der Waals surface area contributed by atoms with E-state index in [1.807, 2.05) is 13.8 Å². The van der Waals surface area contributed by atoms with Crippen LogP contribution in [0.1, 0.15) is 26.7 Å². The van der Waals surface area contributed by atoms with E-state index in [0.717, 1.165) is 0 Å². The molecule has 0 aromatic rings. The Morgan fingerprint density at radius 2 is 1.46 bits per heavy atom. The molecule has 2 aliphatic rings. The van der Waals surface area contributed by atoms with Crippen molar-refractivity contribution >= 4 is 11.9 Å². The molecule has 0 radical (unpaired) electrons. The molecule has 2 fully saturated rings. The summed E-state index contributed by atoms with van der Waals surface area (Å²) in [4.78, 5) is 20.8. The van der Waals surface area contributed by atoms with Gasteiger partial charge in [-0.1, -0.05) is 13.8 Å². The number of nitrogens with one attached hydrogen (secondary N) is 2. The molecule has 142 valence electrons. The minimum atomic E-state index is -1.72. The van der Waals surface area contributed by atoms with Gasteiger partial charge in [-0.3, -0.25) is 9.59 Å². The average molecular weight is 527 g/mol. The van der Waals surface area contributed by atoms with E-state index < -0.39 is 23.5 Å². The fraction of sp³-hybridized carbons (Fsp3) is 0.857. The number of hydrogen-bond acceptors (Lipinski definition) is 5. The van der Waals surface area contributed by atoms with E-state index in [-0.39, 0.29) is 65.5 Å². The minimum Gasteiger partial charge on any atom is -0.675 e. The maximum Gasteiger partial charge on any atom is 2.00 e. The van der Waals surface area contributed by atoms with Crippen LogP contribution in [0, 0.1) is 11.3 Å². The second kappa shape index (κ2) is 9.79. The van der Waals surface area contributed by atoms with Gasteiger partial charge < -0.3 is 36.3 Å². The van der Waals surface area contributed by atoms with Crippen LogP contribution in [-0.4, -0.2) is 64.9 Å². The van der Waals surface area contributed by atoms with Gasteiger partial charge in [-0.15, -0.1) is 13.1 Å². The van der Waals surface area contributed by atoms with Gasteiger partial charge in [0.1, 0.15) is 0 Å². The van der Waals surface area contributed by atoms with E-state index in [0.29, 0.717) is 5.92 Å². The Morgan fingerprint density at radius 1 is 1.08 bits per heavy atom. The predicted octanol–water partition coefficient (Wildman–Crippen LogP) is 1.15. The largest absolute Gasteiger partial charge is 2.00 e. The molecule has 0 unspecified atom stereocenters. The van der Waals surface area contributed by atoms with Crippen molar-refractivity contribution in [3.05, 3.63) is 11.5 Å². The number of carboxylic acids is 2. The number of aliphatic hydroxyl groups excluding tert-OH is 1. The molecule has 1 heterocycles. The number of carboxylic acid groups (broad SMARTS) is 2. The smallest absolute Gasteiger partial charge is 0.675 e. The molecule has 1 aliphatic heterocycles. The summed E-state index contributed by atoms with van der Waals surface area (Å²) >= 11 is 0. The molecular formula is C14H24N2O7Pt. The molecule has 0 aromatic carbocycles. The zero-order valence-corrected chi connectivity index (χ0v) is 15.8. The standard InChI is InChI=1S/C8H16N2O2.C6H8O5.Pt/c1-5(2)8-11-6(3-9)7(4-10)12-8;7-3-1-6(2-3,4(8)9)5(10)11;/h5-10H,3-4H2,1-2H3;3,7H,1-2H2,(H,8,9)(H,10,11);/q-2;;+2/t6-,7-;;/m0../s1. The van der Waals surface area contributed by atoms with Gasteiger partial charge in [-0.25, -0.2) is 0 Å². The zero-order valence-electron chi connectivity index (χ0n) is 13.5. The van der Waals surface area contributed by atoms with Crippen LogP contribution in [-0.2, 0) is 40.1 Å². The summed E-state index contributed by atoms with van der Waals surface area (Å²) in [6.45, 7) is 4.40. The normalized spacial score (nSPS) is 26.1. The molecule has 9 nitrogen and oxygen atoms in total. The number of aliphatic carboxylic acids is 2. The monoisotopic (exact) mass is 527 g/mol. The second-order valence-electron chi connectivity index (χ2n) is 6.12. The first-order valence-electron chi connectivity index (χ1n) is 7.43. The van der Waals surface area contributed by atoms with Gasteiger partial charge in [-0.05, 0) is 0 Å². The molecule has 2 atom stereocenters. The zero-order chi connectivity index (χ0) is 17.8. The molecule has 0 bridgehead atoms. The first kappa shape index (κ1) is 23.4. The Bertz CT molecular complexity index is 401. The van der Waals surface area contributed by atoms with Crippen molar-refractivity contribution in [2.45, 2.75) is 51.3 Å². The van der Waals surface area contributed by atoms with Crippen LogP contribution < -0.4 is 0 Å². The maximum absolute atomic E-state index is 10.4. The molecule has 0 spiro atoms. The van der Waals surface area contributed by atoms with Crippen LogP contribution in [0.4, 0.5) is 0 Å². The Kier molecular flexibility index (Phi) is 9.56. The Morgan fingerprint density at radius 3 is 1.62 bits per heavy atom. The van der Waals surface area contributed by atoms with Gasteiger partial charge in [0.15, 0.2) is 11.7 Å². The van der Waals surface area contributed by atoms with Crippen LogP contribution in [0.3, 0.4) is 0 Å². The van der Waals surface area contributed by atoms with E-state index in [9.17, 15) is 9.59 Å². The molecule has 1 saturated carbocycles. The number of carbonyl (C=O) groups is 2. The topological polar surface area (TPSA) is 161 Å². The van der Waals surface area contributed by atoms with Gasteiger partial charge in [-0.2, -0.15) is 0 Å². The minimum absolute atomic E-state index is 0. The fourth-order valence-corrected chi connectivity index (χ4v) is 2.41. The molecule has 0 amide bonds. The van der Waals surface area contributed by atoms with Crippen molar-refractivity contribution in [2.24, 2.45) is 11.3 Å². The molecule has 5 N–H and O–H groups in total. The van der Waals surface area contributed by atoms with E-state index in [1.54, 1.807) is 0 Å².